The van der Waals surface area contributed by atoms with Crippen molar-refractivity contribution in [2.75, 3.05) is 13.1 Å². The molecule has 31 heavy (non-hydrogen) atoms. The molecule has 0 atom stereocenters. The van der Waals surface area contributed by atoms with Crippen molar-refractivity contribution in [3.8, 4) is 0 Å². The van der Waals surface area contributed by atoms with Crippen molar-refractivity contribution < 1.29 is 18.0 Å². The summed E-state index contributed by atoms with van der Waals surface area (Å²) in [4.78, 5) is 28.7. The molecule has 0 aliphatic heterocycles. The fourth-order valence-corrected chi connectivity index (χ4v) is 4.74. The molecule has 1 aromatic carbocycles. The molecule has 0 saturated heterocycles. The smallest absolute Gasteiger partial charge is 0.240 e. The van der Waals surface area contributed by atoms with Crippen LogP contribution in [0.3, 0.4) is 0 Å². The Hall–Kier alpha value is -2.78. The second-order valence-electron chi connectivity index (χ2n) is 7.70. The van der Waals surface area contributed by atoms with Crippen molar-refractivity contribution in [3.63, 3.8) is 0 Å². The fourth-order valence-electron chi connectivity index (χ4n) is 3.61. The Balaban J connectivity index is 1.34. The van der Waals surface area contributed by atoms with E-state index in [4.69, 9.17) is 0 Å². The Morgan fingerprint density at radius 2 is 1.65 bits per heavy atom. The van der Waals surface area contributed by atoms with Gasteiger partial charge in [-0.2, -0.15) is 0 Å². The Morgan fingerprint density at radius 3 is 2.32 bits per heavy atom. The Kier molecular flexibility index (Phi) is 8.13. The lowest BCUT2D eigenvalue weighted by atomic mass is 9.81. The fraction of sp³-hybridized carbons (Fsp3) is 0.409. The Labute approximate surface area is 182 Å². The SMILES string of the molecule is O=C(CNC(=O)C1CCC(CNS(=O)(=O)c2ccccc2)CC1)NCc1ccccn1. The summed E-state index contributed by atoms with van der Waals surface area (Å²) in [6.45, 7) is 0.615. The first-order valence-corrected chi connectivity index (χ1v) is 11.9. The third kappa shape index (κ3) is 7.15. The molecular weight excluding hydrogens is 416 g/mol. The number of carbonyl (C=O) groups is 2. The maximum absolute atomic E-state index is 12.4. The van der Waals surface area contributed by atoms with Gasteiger partial charge in [-0.1, -0.05) is 24.3 Å². The van der Waals surface area contributed by atoms with Gasteiger partial charge in [0.15, 0.2) is 0 Å². The molecule has 1 aromatic heterocycles. The lowest BCUT2D eigenvalue weighted by Crippen LogP contribution is -2.41. The van der Waals surface area contributed by atoms with Crippen molar-refractivity contribution >= 4 is 21.8 Å². The summed E-state index contributed by atoms with van der Waals surface area (Å²) in [6.07, 6.45) is 4.55. The molecule has 1 aliphatic carbocycles. The van der Waals surface area contributed by atoms with E-state index < -0.39 is 10.0 Å². The normalized spacial score (nSPS) is 18.8. The summed E-state index contributed by atoms with van der Waals surface area (Å²) in [7, 11) is -3.51. The van der Waals surface area contributed by atoms with Crippen LogP contribution in [0.5, 0.6) is 0 Å². The minimum Gasteiger partial charge on any atom is -0.349 e. The number of nitrogens with one attached hydrogen (secondary N) is 3. The molecule has 0 bridgehead atoms. The molecule has 2 amide bonds. The van der Waals surface area contributed by atoms with E-state index in [1.54, 1.807) is 42.6 Å². The number of hydrogen-bond donors (Lipinski definition) is 3. The van der Waals surface area contributed by atoms with Crippen molar-refractivity contribution in [2.45, 2.75) is 37.1 Å². The van der Waals surface area contributed by atoms with Crippen LogP contribution in [0.1, 0.15) is 31.4 Å². The zero-order chi connectivity index (χ0) is 22.1. The minimum atomic E-state index is -3.51. The van der Waals surface area contributed by atoms with Crippen molar-refractivity contribution in [1.29, 1.82) is 0 Å². The van der Waals surface area contributed by atoms with E-state index in [1.165, 1.54) is 0 Å². The molecular formula is C22H28N4O4S. The van der Waals surface area contributed by atoms with Gasteiger partial charge in [-0.25, -0.2) is 13.1 Å². The van der Waals surface area contributed by atoms with E-state index in [1.807, 2.05) is 12.1 Å². The Bertz CT molecular complexity index is 960. The van der Waals surface area contributed by atoms with Gasteiger partial charge in [0.25, 0.3) is 0 Å². The molecule has 8 nitrogen and oxygen atoms in total. The first kappa shape index (κ1) is 22.9. The Morgan fingerprint density at radius 1 is 0.935 bits per heavy atom. The van der Waals surface area contributed by atoms with Gasteiger partial charge in [0, 0.05) is 18.7 Å². The lowest BCUT2D eigenvalue weighted by molar-refractivity contribution is -0.129. The van der Waals surface area contributed by atoms with Crippen LogP contribution < -0.4 is 15.4 Å². The highest BCUT2D eigenvalue weighted by molar-refractivity contribution is 7.89. The second kappa shape index (κ2) is 11.0. The van der Waals surface area contributed by atoms with Crippen LogP contribution >= 0.6 is 0 Å². The van der Waals surface area contributed by atoms with E-state index in [9.17, 15) is 18.0 Å². The maximum atomic E-state index is 12.4. The molecule has 3 N–H and O–H groups in total. The summed E-state index contributed by atoms with van der Waals surface area (Å²) < 4.78 is 27.3. The number of benzene rings is 1. The van der Waals surface area contributed by atoms with Crippen LogP contribution in [0.4, 0.5) is 0 Å². The van der Waals surface area contributed by atoms with E-state index in [0.717, 1.165) is 18.5 Å². The maximum Gasteiger partial charge on any atom is 0.240 e. The topological polar surface area (TPSA) is 117 Å². The van der Waals surface area contributed by atoms with Gasteiger partial charge >= 0.3 is 0 Å². The molecule has 1 heterocycles. The number of nitrogens with zero attached hydrogens (tertiary/aromatic N) is 1. The molecule has 0 unspecified atom stereocenters. The second-order valence-corrected chi connectivity index (χ2v) is 9.47. The van der Waals surface area contributed by atoms with Crippen LogP contribution in [-0.2, 0) is 26.2 Å². The van der Waals surface area contributed by atoms with E-state index in [0.29, 0.717) is 25.9 Å². The summed E-state index contributed by atoms with van der Waals surface area (Å²) >= 11 is 0. The molecule has 3 rings (SSSR count). The first-order chi connectivity index (χ1) is 14.9. The van der Waals surface area contributed by atoms with Gasteiger partial charge in [0.1, 0.15) is 0 Å². The van der Waals surface area contributed by atoms with Crippen molar-refractivity contribution in [3.05, 3.63) is 60.4 Å². The standard InChI is InChI=1S/C22H28N4O4S/c27-21(24-15-19-6-4-5-13-23-19)16-25-22(28)18-11-9-17(10-12-18)14-26-31(29,30)20-7-2-1-3-8-20/h1-8,13,17-18,26H,9-12,14-16H2,(H,24,27)(H,25,28). The third-order valence-corrected chi connectivity index (χ3v) is 6.89. The summed E-state index contributed by atoms with van der Waals surface area (Å²) in [6, 6.07) is 13.8. The van der Waals surface area contributed by atoms with Gasteiger partial charge < -0.3 is 10.6 Å². The predicted octanol–water partition coefficient (Wildman–Crippen LogP) is 1.60. The molecule has 2 aromatic rings. The molecule has 9 heteroatoms. The van der Waals surface area contributed by atoms with E-state index in [-0.39, 0.29) is 35.1 Å². The molecule has 0 spiro atoms. The molecule has 1 aliphatic rings. The van der Waals surface area contributed by atoms with Crippen LogP contribution in [0, 0.1) is 11.8 Å². The lowest BCUT2D eigenvalue weighted by Gasteiger charge is -2.27. The van der Waals surface area contributed by atoms with Gasteiger partial charge in [0.2, 0.25) is 21.8 Å². The van der Waals surface area contributed by atoms with E-state index in [2.05, 4.69) is 20.3 Å². The zero-order valence-corrected chi connectivity index (χ0v) is 18.1. The van der Waals surface area contributed by atoms with E-state index >= 15 is 0 Å². The zero-order valence-electron chi connectivity index (χ0n) is 17.3. The minimum absolute atomic E-state index is 0.0670. The summed E-state index contributed by atoms with van der Waals surface area (Å²) in [5.74, 6) is -0.339. The predicted molar refractivity (Wildman–Crippen MR) is 116 cm³/mol. The number of hydrogen-bond acceptors (Lipinski definition) is 5. The third-order valence-electron chi connectivity index (χ3n) is 5.45. The monoisotopic (exact) mass is 444 g/mol. The summed E-state index contributed by atoms with van der Waals surface area (Å²) in [5.41, 5.74) is 0.753. The highest BCUT2D eigenvalue weighted by Gasteiger charge is 2.27. The van der Waals surface area contributed by atoms with Crippen molar-refractivity contribution in [1.82, 2.24) is 20.3 Å². The van der Waals surface area contributed by atoms with Crippen LogP contribution in [0.15, 0.2) is 59.6 Å². The highest BCUT2D eigenvalue weighted by Crippen LogP contribution is 2.28. The molecule has 1 fully saturated rings. The van der Waals surface area contributed by atoms with Crippen LogP contribution in [0.25, 0.3) is 0 Å². The number of amides is 2. The highest BCUT2D eigenvalue weighted by atomic mass is 32.2. The average molecular weight is 445 g/mol. The quantitative estimate of drug-likeness (QED) is 0.543. The summed E-state index contributed by atoms with van der Waals surface area (Å²) in [5, 5.41) is 5.43. The van der Waals surface area contributed by atoms with Crippen LogP contribution in [-0.4, -0.2) is 38.3 Å². The number of pyridine rings is 1. The molecule has 1 saturated carbocycles. The number of rotatable bonds is 9. The van der Waals surface area contributed by atoms with Crippen LogP contribution in [0.2, 0.25) is 0 Å². The number of carbonyl (C=O) groups excluding carboxylic acids is 2. The largest absolute Gasteiger partial charge is 0.349 e. The van der Waals surface area contributed by atoms with Gasteiger partial charge in [-0.15, -0.1) is 0 Å². The first-order valence-electron chi connectivity index (χ1n) is 10.4. The molecule has 0 radical (unpaired) electrons. The average Bonchev–Trinajstić information content (AvgIpc) is 2.81. The number of sulfonamides is 1. The van der Waals surface area contributed by atoms with Gasteiger partial charge in [-0.3, -0.25) is 14.6 Å². The van der Waals surface area contributed by atoms with Gasteiger partial charge in [-0.05, 0) is 55.9 Å². The number of aromatic nitrogens is 1. The van der Waals surface area contributed by atoms with Crippen molar-refractivity contribution in [2.24, 2.45) is 11.8 Å². The van der Waals surface area contributed by atoms with Gasteiger partial charge in [0.05, 0.1) is 23.7 Å². The molecule has 166 valence electrons.